The molecule has 2 atom stereocenters. The summed E-state index contributed by atoms with van der Waals surface area (Å²) in [7, 11) is 0. The fourth-order valence-electron chi connectivity index (χ4n) is 3.34. The molecule has 1 amide bonds. The zero-order valence-electron chi connectivity index (χ0n) is 17.2. The van der Waals surface area contributed by atoms with Crippen molar-refractivity contribution in [2.45, 2.75) is 44.2 Å². The zero-order valence-corrected chi connectivity index (χ0v) is 19.5. The molecule has 0 spiro atoms. The van der Waals surface area contributed by atoms with Gasteiger partial charge in [-0.3, -0.25) is 4.79 Å². The number of nitrogens with two attached hydrogens (primary N) is 1. The molecule has 0 aliphatic rings. The first kappa shape index (κ1) is 27.3. The summed E-state index contributed by atoms with van der Waals surface area (Å²) in [6.45, 7) is 2.08. The van der Waals surface area contributed by atoms with E-state index >= 15 is 0 Å². The Morgan fingerprint density at radius 2 is 1.61 bits per heavy atom. The van der Waals surface area contributed by atoms with Gasteiger partial charge in [0.15, 0.2) is 0 Å². The minimum Gasteiger partial charge on any atom is -0.369 e. The van der Waals surface area contributed by atoms with E-state index in [0.29, 0.717) is 13.0 Å². The molecule has 2 rings (SSSR count). The molecule has 0 saturated heterocycles. The van der Waals surface area contributed by atoms with E-state index in [-0.39, 0.29) is 33.1 Å². The van der Waals surface area contributed by atoms with Gasteiger partial charge in [-0.05, 0) is 41.8 Å². The van der Waals surface area contributed by atoms with Crippen molar-refractivity contribution in [3.8, 4) is 0 Å². The summed E-state index contributed by atoms with van der Waals surface area (Å²) in [6.07, 6.45) is -4.63. The number of hydrogen-bond acceptors (Lipinski definition) is 1. The molecule has 0 saturated carbocycles. The van der Waals surface area contributed by atoms with Crippen molar-refractivity contribution in [1.29, 1.82) is 0 Å². The molecule has 11 heteroatoms. The van der Waals surface area contributed by atoms with Gasteiger partial charge in [0.1, 0.15) is 11.7 Å². The van der Waals surface area contributed by atoms with E-state index in [2.05, 4.69) is 0 Å². The van der Waals surface area contributed by atoms with E-state index in [1.54, 1.807) is 6.92 Å². The Labute approximate surface area is 201 Å². The van der Waals surface area contributed by atoms with Crippen LogP contribution >= 0.6 is 34.8 Å². The van der Waals surface area contributed by atoms with E-state index < -0.39 is 52.4 Å². The lowest BCUT2D eigenvalue weighted by atomic mass is 9.87. The van der Waals surface area contributed by atoms with E-state index in [1.165, 1.54) is 0 Å². The molecule has 0 heterocycles. The predicted octanol–water partition coefficient (Wildman–Crippen LogP) is 8.39. The van der Waals surface area contributed by atoms with Crippen molar-refractivity contribution in [1.82, 2.24) is 0 Å². The molecule has 2 unspecified atom stereocenters. The third kappa shape index (κ3) is 6.37. The predicted molar refractivity (Wildman–Crippen MR) is 118 cm³/mol. The van der Waals surface area contributed by atoms with Crippen molar-refractivity contribution in [2.75, 3.05) is 0 Å². The maximum Gasteiger partial charge on any atom is 0.399 e. The number of primary amides is 1. The summed E-state index contributed by atoms with van der Waals surface area (Å²) in [5.74, 6) is -9.36. The van der Waals surface area contributed by atoms with Gasteiger partial charge < -0.3 is 5.73 Å². The van der Waals surface area contributed by atoms with Crippen LogP contribution in [-0.4, -0.2) is 12.1 Å². The number of rotatable bonds is 7. The van der Waals surface area contributed by atoms with Crippen LogP contribution < -0.4 is 5.73 Å². The lowest BCUT2D eigenvalue weighted by Gasteiger charge is -2.22. The summed E-state index contributed by atoms with van der Waals surface area (Å²) in [4.78, 5) is 11.7. The average molecular weight is 533 g/mol. The molecule has 33 heavy (non-hydrogen) atoms. The second kappa shape index (κ2) is 10.2. The summed E-state index contributed by atoms with van der Waals surface area (Å²) < 4.78 is 84.6. The highest BCUT2D eigenvalue weighted by atomic mass is 35.5. The zero-order chi connectivity index (χ0) is 25.3. The van der Waals surface area contributed by atoms with Crippen LogP contribution in [-0.2, 0) is 10.7 Å². The SMILES string of the molecule is CCC(C(N)=O)c1ccc(/C(F)=C/C(c2cc(Cl)c(Cl)c(Cl)c2)C(F)(F)F)cc1C(C)(F)F. The van der Waals surface area contributed by atoms with E-state index in [9.17, 15) is 31.1 Å². The maximum absolute atomic E-state index is 15.0. The van der Waals surface area contributed by atoms with E-state index in [4.69, 9.17) is 40.5 Å². The molecule has 2 aromatic rings. The van der Waals surface area contributed by atoms with Crippen LogP contribution in [0, 0.1) is 0 Å². The Kier molecular flexibility index (Phi) is 8.41. The average Bonchev–Trinajstić information content (AvgIpc) is 2.68. The van der Waals surface area contributed by atoms with Crippen LogP contribution in [0.2, 0.25) is 15.1 Å². The van der Waals surface area contributed by atoms with Crippen LogP contribution in [0.3, 0.4) is 0 Å². The van der Waals surface area contributed by atoms with E-state index in [0.717, 1.165) is 24.3 Å². The lowest BCUT2D eigenvalue weighted by Crippen LogP contribution is -2.24. The number of amides is 1. The second-order valence-electron chi connectivity index (χ2n) is 7.39. The number of allylic oxidation sites excluding steroid dienone is 1. The number of alkyl halides is 5. The molecular weight excluding hydrogens is 515 g/mol. The Morgan fingerprint density at radius 1 is 1.06 bits per heavy atom. The summed E-state index contributed by atoms with van der Waals surface area (Å²) in [5.41, 5.74) is 3.41. The third-order valence-corrected chi connectivity index (χ3v) is 6.16. The van der Waals surface area contributed by atoms with Gasteiger partial charge in [0.05, 0.1) is 21.0 Å². The Hall–Kier alpha value is -1.90. The van der Waals surface area contributed by atoms with Gasteiger partial charge >= 0.3 is 6.18 Å². The van der Waals surface area contributed by atoms with E-state index in [1.807, 2.05) is 0 Å². The molecule has 0 fully saturated rings. The first-order valence-corrected chi connectivity index (χ1v) is 10.6. The van der Waals surface area contributed by atoms with Gasteiger partial charge in [-0.25, -0.2) is 13.2 Å². The number of carbonyl (C=O) groups is 1. The van der Waals surface area contributed by atoms with Crippen molar-refractivity contribution >= 4 is 46.5 Å². The first-order chi connectivity index (χ1) is 15.1. The van der Waals surface area contributed by atoms with Crippen LogP contribution in [0.25, 0.3) is 5.83 Å². The van der Waals surface area contributed by atoms with Crippen molar-refractivity contribution in [3.05, 3.63) is 73.7 Å². The molecule has 0 aliphatic heterocycles. The van der Waals surface area contributed by atoms with Gasteiger partial charge in [0, 0.05) is 18.1 Å². The summed E-state index contributed by atoms with van der Waals surface area (Å²) in [6, 6.07) is 4.57. The minimum atomic E-state index is -4.96. The van der Waals surface area contributed by atoms with Gasteiger partial charge in [0.25, 0.3) is 5.92 Å². The molecule has 2 N–H and O–H groups in total. The van der Waals surface area contributed by atoms with Crippen molar-refractivity contribution < 1.29 is 31.1 Å². The van der Waals surface area contributed by atoms with Crippen LogP contribution in [0.5, 0.6) is 0 Å². The highest BCUT2D eigenvalue weighted by Crippen LogP contribution is 2.43. The molecule has 0 radical (unpaired) electrons. The standard InChI is InChI=1S/C22H18Cl3F6NO/c1-3-12(20(32)33)13-5-4-10(6-15(13)21(2,27)28)18(26)9-14(22(29,30)31)11-7-16(23)19(25)17(24)8-11/h4-9,12,14H,3H2,1-2H3,(H2,32,33)/b18-9-. The highest BCUT2D eigenvalue weighted by Gasteiger charge is 2.40. The Bertz CT molecular complexity index is 1060. The van der Waals surface area contributed by atoms with Gasteiger partial charge in [-0.2, -0.15) is 13.2 Å². The molecule has 0 aromatic heterocycles. The maximum atomic E-state index is 15.0. The molecular formula is C22H18Cl3F6NO. The number of carbonyl (C=O) groups excluding carboxylic acids is 1. The first-order valence-electron chi connectivity index (χ1n) is 9.48. The van der Waals surface area contributed by atoms with Gasteiger partial charge in [-0.15, -0.1) is 0 Å². The molecule has 0 aliphatic carbocycles. The molecule has 2 nitrogen and oxygen atoms in total. The second-order valence-corrected chi connectivity index (χ2v) is 8.58. The quantitative estimate of drug-likeness (QED) is 0.282. The summed E-state index contributed by atoms with van der Waals surface area (Å²) in [5, 5.41) is -0.703. The van der Waals surface area contributed by atoms with Gasteiger partial charge in [-0.1, -0.05) is 53.9 Å². The fraction of sp³-hybridized carbons (Fsp3) is 0.318. The Balaban J connectivity index is 2.65. The van der Waals surface area contributed by atoms with Crippen LogP contribution in [0.15, 0.2) is 36.4 Å². The number of halogens is 9. The largest absolute Gasteiger partial charge is 0.399 e. The molecule has 0 bridgehead atoms. The molecule has 180 valence electrons. The van der Waals surface area contributed by atoms with Crippen LogP contribution in [0.4, 0.5) is 26.3 Å². The smallest absolute Gasteiger partial charge is 0.369 e. The summed E-state index contributed by atoms with van der Waals surface area (Å²) >= 11 is 17.4. The number of hydrogen-bond donors (Lipinski definition) is 1. The van der Waals surface area contributed by atoms with Crippen molar-refractivity contribution in [2.24, 2.45) is 5.73 Å². The van der Waals surface area contributed by atoms with Crippen LogP contribution in [0.1, 0.15) is 54.4 Å². The monoisotopic (exact) mass is 531 g/mol. The molecule has 2 aromatic carbocycles. The lowest BCUT2D eigenvalue weighted by molar-refractivity contribution is -0.139. The minimum absolute atomic E-state index is 0.102. The fourth-order valence-corrected chi connectivity index (χ4v) is 3.95. The Morgan fingerprint density at radius 3 is 2.03 bits per heavy atom. The highest BCUT2D eigenvalue weighted by molar-refractivity contribution is 6.48. The topological polar surface area (TPSA) is 43.1 Å². The van der Waals surface area contributed by atoms with Crippen molar-refractivity contribution in [3.63, 3.8) is 0 Å². The van der Waals surface area contributed by atoms with Gasteiger partial charge in [0.2, 0.25) is 5.91 Å². The number of benzene rings is 2. The third-order valence-electron chi connectivity index (χ3n) is 4.96. The normalized spacial score (nSPS) is 14.8.